The SMILES string of the molecule is CC[C@@](O)(COCc1ccc(OC)cc1)CO[Si](c1ccccc1)(c1ccccc1)C(C)(C)C. The molecular formula is C29H38O4Si. The molecule has 0 saturated heterocycles. The van der Waals surface area contributed by atoms with Crippen molar-refractivity contribution < 1.29 is 19.0 Å². The molecule has 3 aromatic carbocycles. The van der Waals surface area contributed by atoms with E-state index in [9.17, 15) is 5.11 Å². The molecule has 0 aromatic heterocycles. The van der Waals surface area contributed by atoms with Gasteiger partial charge in [-0.2, -0.15) is 0 Å². The number of hydrogen-bond acceptors (Lipinski definition) is 4. The number of benzene rings is 3. The molecule has 4 nitrogen and oxygen atoms in total. The molecule has 0 aliphatic carbocycles. The van der Waals surface area contributed by atoms with E-state index in [1.165, 1.54) is 10.4 Å². The first-order valence-electron chi connectivity index (χ1n) is 11.9. The van der Waals surface area contributed by atoms with Gasteiger partial charge in [0.1, 0.15) is 11.4 Å². The Kier molecular flexibility index (Phi) is 8.71. The number of aliphatic hydroxyl groups is 1. The molecule has 0 amide bonds. The maximum absolute atomic E-state index is 11.5. The Morgan fingerprint density at radius 1 is 0.765 bits per heavy atom. The molecule has 0 aliphatic heterocycles. The van der Waals surface area contributed by atoms with Gasteiger partial charge in [0.2, 0.25) is 0 Å². The average Bonchev–Trinajstić information content (AvgIpc) is 2.85. The molecular weight excluding hydrogens is 440 g/mol. The highest BCUT2D eigenvalue weighted by Crippen LogP contribution is 2.37. The van der Waals surface area contributed by atoms with Crippen LogP contribution in [0.4, 0.5) is 0 Å². The zero-order valence-corrected chi connectivity index (χ0v) is 22.1. The van der Waals surface area contributed by atoms with Gasteiger partial charge in [0.05, 0.1) is 26.9 Å². The Hall–Kier alpha value is -2.44. The summed E-state index contributed by atoms with van der Waals surface area (Å²) in [7, 11) is -1.07. The van der Waals surface area contributed by atoms with E-state index >= 15 is 0 Å². The highest BCUT2D eigenvalue weighted by atomic mass is 28.4. The molecule has 3 rings (SSSR count). The molecule has 1 atom stereocenters. The van der Waals surface area contributed by atoms with Crippen LogP contribution in [0.2, 0.25) is 5.04 Å². The first kappa shape index (κ1) is 26.2. The predicted molar refractivity (Wildman–Crippen MR) is 141 cm³/mol. The summed E-state index contributed by atoms with van der Waals surface area (Å²) in [5.41, 5.74) is -0.0494. The standard InChI is InChI=1S/C29H38O4Si/c1-6-29(30,22-32-21-24-17-19-25(31-5)20-18-24)23-33-34(28(2,3)4,26-13-9-7-10-14-26)27-15-11-8-12-16-27/h7-20,30H,6,21-23H2,1-5H3/t29-/m1/s1. The molecule has 0 radical (unpaired) electrons. The first-order valence-corrected chi connectivity index (χ1v) is 13.8. The molecule has 0 aliphatic rings. The summed E-state index contributed by atoms with van der Waals surface area (Å²) in [5, 5.41) is 13.7. The van der Waals surface area contributed by atoms with Gasteiger partial charge in [0, 0.05) is 0 Å². The van der Waals surface area contributed by atoms with Gasteiger partial charge in [0.25, 0.3) is 8.32 Å². The zero-order valence-electron chi connectivity index (χ0n) is 21.1. The minimum absolute atomic E-state index is 0.145. The van der Waals surface area contributed by atoms with Crippen molar-refractivity contribution in [2.45, 2.75) is 51.4 Å². The Morgan fingerprint density at radius 3 is 1.74 bits per heavy atom. The first-order chi connectivity index (χ1) is 16.2. The second-order valence-electron chi connectivity index (χ2n) is 9.87. The third kappa shape index (κ3) is 5.97. The summed E-state index contributed by atoms with van der Waals surface area (Å²) < 4.78 is 18.1. The van der Waals surface area contributed by atoms with Gasteiger partial charge in [-0.25, -0.2) is 0 Å². The molecule has 0 heterocycles. The Balaban J connectivity index is 1.82. The maximum Gasteiger partial charge on any atom is 0.261 e. The van der Waals surface area contributed by atoms with Crippen LogP contribution in [0.15, 0.2) is 84.9 Å². The summed E-state index contributed by atoms with van der Waals surface area (Å²) in [4.78, 5) is 0. The van der Waals surface area contributed by atoms with E-state index < -0.39 is 13.9 Å². The van der Waals surface area contributed by atoms with Crippen molar-refractivity contribution in [1.29, 1.82) is 0 Å². The van der Waals surface area contributed by atoms with Crippen molar-refractivity contribution in [1.82, 2.24) is 0 Å². The Labute approximate surface area is 205 Å². The molecule has 1 N–H and O–H groups in total. The van der Waals surface area contributed by atoms with Gasteiger partial charge in [-0.15, -0.1) is 0 Å². The fourth-order valence-corrected chi connectivity index (χ4v) is 8.97. The summed E-state index contributed by atoms with van der Waals surface area (Å²) in [6, 6.07) is 28.8. The smallest absolute Gasteiger partial charge is 0.261 e. The largest absolute Gasteiger partial charge is 0.497 e. The lowest BCUT2D eigenvalue weighted by atomic mass is 10.0. The molecule has 0 bridgehead atoms. The third-order valence-corrected chi connectivity index (χ3v) is 11.4. The summed E-state index contributed by atoms with van der Waals surface area (Å²) in [6.07, 6.45) is 0.536. The number of hydrogen-bond donors (Lipinski definition) is 1. The lowest BCUT2D eigenvalue weighted by Gasteiger charge is -2.44. The molecule has 0 unspecified atom stereocenters. The van der Waals surface area contributed by atoms with E-state index in [0.717, 1.165) is 11.3 Å². The normalized spacial score (nSPS) is 13.9. The summed E-state index contributed by atoms with van der Waals surface area (Å²) >= 11 is 0. The van der Waals surface area contributed by atoms with E-state index in [0.29, 0.717) is 13.0 Å². The van der Waals surface area contributed by atoms with Crippen molar-refractivity contribution in [3.05, 3.63) is 90.5 Å². The Morgan fingerprint density at radius 2 is 1.29 bits per heavy atom. The second-order valence-corrected chi connectivity index (χ2v) is 14.2. The molecule has 0 saturated carbocycles. The van der Waals surface area contributed by atoms with E-state index in [1.54, 1.807) is 7.11 Å². The minimum Gasteiger partial charge on any atom is -0.497 e. The highest BCUT2D eigenvalue weighted by molar-refractivity contribution is 6.99. The van der Waals surface area contributed by atoms with Crippen molar-refractivity contribution in [3.63, 3.8) is 0 Å². The van der Waals surface area contributed by atoms with Crippen molar-refractivity contribution in [2.24, 2.45) is 0 Å². The fraction of sp³-hybridized carbons (Fsp3) is 0.379. The van der Waals surface area contributed by atoms with Crippen molar-refractivity contribution in [3.8, 4) is 5.75 Å². The van der Waals surface area contributed by atoms with Crippen LogP contribution in [0, 0.1) is 0 Å². The van der Waals surface area contributed by atoms with E-state index in [4.69, 9.17) is 13.9 Å². The van der Waals surface area contributed by atoms with E-state index in [-0.39, 0.29) is 18.3 Å². The quantitative estimate of drug-likeness (QED) is 0.397. The molecule has 34 heavy (non-hydrogen) atoms. The highest BCUT2D eigenvalue weighted by Gasteiger charge is 2.51. The molecule has 0 fully saturated rings. The van der Waals surface area contributed by atoms with Crippen LogP contribution in [0.5, 0.6) is 5.75 Å². The van der Waals surface area contributed by atoms with Crippen LogP contribution in [0.1, 0.15) is 39.7 Å². The molecule has 182 valence electrons. The van der Waals surface area contributed by atoms with Crippen LogP contribution < -0.4 is 15.1 Å². The van der Waals surface area contributed by atoms with Crippen LogP contribution in [0.3, 0.4) is 0 Å². The maximum atomic E-state index is 11.5. The summed E-state index contributed by atoms with van der Waals surface area (Å²) in [6.45, 7) is 9.53. The lowest BCUT2D eigenvalue weighted by Crippen LogP contribution is -2.67. The number of ether oxygens (including phenoxy) is 2. The fourth-order valence-electron chi connectivity index (χ4n) is 4.33. The summed E-state index contributed by atoms with van der Waals surface area (Å²) in [5.74, 6) is 0.813. The van der Waals surface area contributed by atoms with Gasteiger partial charge >= 0.3 is 0 Å². The zero-order chi connectivity index (χ0) is 24.7. The predicted octanol–water partition coefficient (Wildman–Crippen LogP) is 4.93. The van der Waals surface area contributed by atoms with Gasteiger partial charge in [-0.1, -0.05) is 100 Å². The van der Waals surface area contributed by atoms with Gasteiger partial charge in [-0.3, -0.25) is 0 Å². The van der Waals surface area contributed by atoms with Gasteiger partial charge in [-0.05, 0) is 39.5 Å². The topological polar surface area (TPSA) is 47.9 Å². The Bertz CT molecular complexity index is 960. The van der Waals surface area contributed by atoms with Crippen LogP contribution in [-0.4, -0.2) is 39.3 Å². The lowest BCUT2D eigenvalue weighted by molar-refractivity contribution is -0.0798. The average molecular weight is 479 g/mol. The number of rotatable bonds is 11. The second kappa shape index (κ2) is 11.3. The van der Waals surface area contributed by atoms with E-state index in [1.807, 2.05) is 43.3 Å². The molecule has 0 spiro atoms. The minimum atomic E-state index is -2.72. The van der Waals surface area contributed by atoms with Crippen molar-refractivity contribution in [2.75, 3.05) is 20.3 Å². The van der Waals surface area contributed by atoms with Crippen LogP contribution in [-0.2, 0) is 15.8 Å². The van der Waals surface area contributed by atoms with Gasteiger partial charge in [0.15, 0.2) is 0 Å². The monoisotopic (exact) mass is 478 g/mol. The van der Waals surface area contributed by atoms with Crippen LogP contribution in [0.25, 0.3) is 0 Å². The van der Waals surface area contributed by atoms with Gasteiger partial charge < -0.3 is 19.0 Å². The number of methoxy groups -OCH3 is 1. The van der Waals surface area contributed by atoms with E-state index in [2.05, 4.69) is 69.3 Å². The van der Waals surface area contributed by atoms with Crippen molar-refractivity contribution >= 4 is 18.7 Å². The van der Waals surface area contributed by atoms with Crippen LogP contribution >= 0.6 is 0 Å². The molecule has 3 aromatic rings. The third-order valence-electron chi connectivity index (χ3n) is 6.43. The molecule has 5 heteroatoms.